The molecule has 1 heterocycles. The van der Waals surface area contributed by atoms with Gasteiger partial charge in [0.1, 0.15) is 5.75 Å². The van der Waals surface area contributed by atoms with Gasteiger partial charge in [-0.15, -0.1) is 0 Å². The van der Waals surface area contributed by atoms with Gasteiger partial charge in [0.15, 0.2) is 5.82 Å². The molecule has 0 fully saturated rings. The summed E-state index contributed by atoms with van der Waals surface area (Å²) in [7, 11) is 0. The first-order chi connectivity index (χ1) is 14.6. The van der Waals surface area contributed by atoms with Gasteiger partial charge in [-0.3, -0.25) is 0 Å². The molecular formula is C25H36N2O3. The van der Waals surface area contributed by atoms with E-state index in [2.05, 4.69) is 30.7 Å². The number of hydrogen-bond acceptors (Lipinski definition) is 5. The molecule has 5 nitrogen and oxygen atoms in total. The molecule has 1 aromatic carbocycles. The number of carbonyl (C=O) groups is 1. The van der Waals surface area contributed by atoms with Crippen LogP contribution in [0.3, 0.4) is 0 Å². The van der Waals surface area contributed by atoms with Crippen molar-refractivity contribution in [2.75, 3.05) is 13.2 Å². The number of hydrogen-bond donors (Lipinski definition) is 0. The van der Waals surface area contributed by atoms with Crippen LogP contribution < -0.4 is 4.74 Å². The second kappa shape index (κ2) is 13.7. The van der Waals surface area contributed by atoms with E-state index in [0.717, 1.165) is 49.5 Å². The van der Waals surface area contributed by atoms with Crippen molar-refractivity contribution in [3.05, 3.63) is 42.2 Å². The normalized spacial score (nSPS) is 11.8. The predicted octanol–water partition coefficient (Wildman–Crippen LogP) is 6.48. The second-order valence-corrected chi connectivity index (χ2v) is 7.87. The van der Waals surface area contributed by atoms with Crippen LogP contribution in [0, 0.1) is 5.92 Å². The summed E-state index contributed by atoms with van der Waals surface area (Å²) in [4.78, 5) is 20.6. The number of rotatable bonds is 14. The smallest absolute Gasteiger partial charge is 0.341 e. The summed E-state index contributed by atoms with van der Waals surface area (Å²) >= 11 is 0. The lowest BCUT2D eigenvalue weighted by Crippen LogP contribution is -2.07. The highest BCUT2D eigenvalue weighted by Gasteiger charge is 2.09. The highest BCUT2D eigenvalue weighted by molar-refractivity contribution is 5.88. The number of esters is 1. The fourth-order valence-electron chi connectivity index (χ4n) is 3.05. The minimum absolute atomic E-state index is 0.370. The summed E-state index contributed by atoms with van der Waals surface area (Å²) < 4.78 is 11.1. The monoisotopic (exact) mass is 412 g/mol. The summed E-state index contributed by atoms with van der Waals surface area (Å²) in [5.41, 5.74) is 1.27. The van der Waals surface area contributed by atoms with Crippen LogP contribution in [0.2, 0.25) is 0 Å². The maximum Gasteiger partial charge on any atom is 0.341 e. The summed E-state index contributed by atoms with van der Waals surface area (Å²) in [6, 6.07) is 7.76. The van der Waals surface area contributed by atoms with E-state index in [4.69, 9.17) is 9.47 Å². The summed E-state index contributed by atoms with van der Waals surface area (Å²) in [6.07, 6.45) is 12.2. The van der Waals surface area contributed by atoms with Crippen LogP contribution in [0.4, 0.5) is 0 Å². The van der Waals surface area contributed by atoms with E-state index in [1.807, 2.05) is 24.3 Å². The molecule has 1 unspecified atom stereocenters. The quantitative estimate of drug-likeness (QED) is 0.263. The number of ether oxygens (including phenoxy) is 2. The molecule has 0 spiro atoms. The lowest BCUT2D eigenvalue weighted by atomic mass is 10.0. The molecule has 1 aromatic heterocycles. The molecule has 0 aliphatic carbocycles. The van der Waals surface area contributed by atoms with Crippen LogP contribution in [-0.4, -0.2) is 29.2 Å². The van der Waals surface area contributed by atoms with E-state index >= 15 is 0 Å². The molecule has 0 aliphatic rings. The first-order valence-electron chi connectivity index (χ1n) is 11.4. The number of nitrogens with zero attached hydrogens (tertiary/aromatic N) is 2. The molecule has 30 heavy (non-hydrogen) atoms. The molecule has 0 bridgehead atoms. The molecule has 0 radical (unpaired) electrons. The zero-order valence-electron chi connectivity index (χ0n) is 18.7. The molecular weight excluding hydrogens is 376 g/mol. The number of benzene rings is 1. The maximum absolute atomic E-state index is 12.0. The van der Waals surface area contributed by atoms with Crippen molar-refractivity contribution >= 4 is 5.97 Å². The molecule has 5 heteroatoms. The predicted molar refractivity (Wildman–Crippen MR) is 121 cm³/mol. The Morgan fingerprint density at radius 1 is 0.933 bits per heavy atom. The Hall–Kier alpha value is -2.43. The number of aromatic nitrogens is 2. The van der Waals surface area contributed by atoms with E-state index in [0.29, 0.717) is 18.0 Å². The second-order valence-electron chi connectivity index (χ2n) is 7.87. The zero-order chi connectivity index (χ0) is 21.6. The topological polar surface area (TPSA) is 61.3 Å². The third-order valence-corrected chi connectivity index (χ3v) is 5.29. The van der Waals surface area contributed by atoms with Gasteiger partial charge in [0.05, 0.1) is 18.8 Å². The van der Waals surface area contributed by atoms with E-state index in [-0.39, 0.29) is 5.97 Å². The fraction of sp³-hybridized carbons (Fsp3) is 0.560. The Balaban J connectivity index is 1.75. The molecule has 164 valence electrons. The van der Waals surface area contributed by atoms with Crippen molar-refractivity contribution < 1.29 is 14.3 Å². The van der Waals surface area contributed by atoms with E-state index in [1.54, 1.807) is 0 Å². The van der Waals surface area contributed by atoms with Gasteiger partial charge in [-0.05, 0) is 43.0 Å². The molecule has 1 atom stereocenters. The highest BCUT2D eigenvalue weighted by Crippen LogP contribution is 2.20. The highest BCUT2D eigenvalue weighted by atomic mass is 16.5. The van der Waals surface area contributed by atoms with Gasteiger partial charge in [-0.25, -0.2) is 14.8 Å². The van der Waals surface area contributed by atoms with Gasteiger partial charge in [-0.2, -0.15) is 0 Å². The van der Waals surface area contributed by atoms with Crippen molar-refractivity contribution in [3.8, 4) is 17.1 Å². The Morgan fingerprint density at radius 2 is 1.63 bits per heavy atom. The van der Waals surface area contributed by atoms with Gasteiger partial charge in [0.2, 0.25) is 0 Å². The maximum atomic E-state index is 12.0. The Labute approximate surface area is 181 Å². The molecule has 0 saturated heterocycles. The number of carbonyl (C=O) groups excluding carboxylic acids is 1. The molecule has 2 aromatic rings. The molecule has 0 aliphatic heterocycles. The number of unbranched alkanes of at least 4 members (excludes halogenated alkanes) is 4. The van der Waals surface area contributed by atoms with Gasteiger partial charge >= 0.3 is 5.97 Å². The van der Waals surface area contributed by atoms with Crippen molar-refractivity contribution in [1.82, 2.24) is 9.97 Å². The summed E-state index contributed by atoms with van der Waals surface area (Å²) in [5.74, 6) is 1.89. The van der Waals surface area contributed by atoms with Crippen LogP contribution in [0.1, 0.15) is 82.5 Å². The molecule has 2 rings (SSSR count). The molecule has 0 saturated carbocycles. The summed E-state index contributed by atoms with van der Waals surface area (Å²) in [6.45, 7) is 7.86. The lowest BCUT2D eigenvalue weighted by molar-refractivity contribution is 0.0497. The van der Waals surface area contributed by atoms with Gasteiger partial charge < -0.3 is 9.47 Å². The van der Waals surface area contributed by atoms with Crippen molar-refractivity contribution in [3.63, 3.8) is 0 Å². The SMILES string of the molecule is CCCCCOC(=O)c1cnc(-c2ccc(OCCCCCC(C)CC)cc2)nc1. The largest absolute Gasteiger partial charge is 0.494 e. The zero-order valence-corrected chi connectivity index (χ0v) is 18.7. The Morgan fingerprint density at radius 3 is 2.30 bits per heavy atom. The van der Waals surface area contributed by atoms with E-state index in [1.165, 1.54) is 38.1 Å². The fourth-order valence-corrected chi connectivity index (χ4v) is 3.05. The van der Waals surface area contributed by atoms with Crippen LogP contribution in [0.15, 0.2) is 36.7 Å². The third-order valence-electron chi connectivity index (χ3n) is 5.29. The van der Waals surface area contributed by atoms with Crippen molar-refractivity contribution in [2.24, 2.45) is 5.92 Å². The summed E-state index contributed by atoms with van der Waals surface area (Å²) in [5, 5.41) is 0. The molecule has 0 N–H and O–H groups in total. The molecule has 0 amide bonds. The van der Waals surface area contributed by atoms with Crippen LogP contribution >= 0.6 is 0 Å². The minimum Gasteiger partial charge on any atom is -0.494 e. The first-order valence-corrected chi connectivity index (χ1v) is 11.4. The Kier molecular flexibility index (Phi) is 10.9. The first kappa shape index (κ1) is 23.8. The van der Waals surface area contributed by atoms with Crippen molar-refractivity contribution in [1.29, 1.82) is 0 Å². The van der Waals surface area contributed by atoms with Crippen LogP contribution in [0.25, 0.3) is 11.4 Å². The van der Waals surface area contributed by atoms with Crippen LogP contribution in [0.5, 0.6) is 5.75 Å². The lowest BCUT2D eigenvalue weighted by Gasteiger charge is -2.09. The minimum atomic E-state index is -0.370. The van der Waals surface area contributed by atoms with Crippen molar-refractivity contribution in [2.45, 2.75) is 72.1 Å². The average molecular weight is 413 g/mol. The van der Waals surface area contributed by atoms with Gasteiger partial charge in [0.25, 0.3) is 0 Å². The van der Waals surface area contributed by atoms with E-state index in [9.17, 15) is 4.79 Å². The van der Waals surface area contributed by atoms with E-state index < -0.39 is 0 Å². The van der Waals surface area contributed by atoms with Gasteiger partial charge in [-0.1, -0.05) is 59.3 Å². The Bertz CT molecular complexity index is 729. The van der Waals surface area contributed by atoms with Gasteiger partial charge in [0, 0.05) is 18.0 Å². The van der Waals surface area contributed by atoms with Crippen LogP contribution in [-0.2, 0) is 4.74 Å². The third kappa shape index (κ3) is 8.52. The average Bonchev–Trinajstić information content (AvgIpc) is 2.79. The standard InChI is InChI=1S/C25H36N2O3/c1-4-6-9-17-30-25(28)22-18-26-24(27-19-22)21-12-14-23(15-13-21)29-16-10-7-8-11-20(3)5-2/h12-15,18-20H,4-11,16-17H2,1-3H3.